The van der Waals surface area contributed by atoms with Crippen LogP contribution >= 0.6 is 27.3 Å². The van der Waals surface area contributed by atoms with Crippen LogP contribution in [0.1, 0.15) is 21.5 Å². The van der Waals surface area contributed by atoms with Crippen molar-refractivity contribution in [2.24, 2.45) is 0 Å². The SMILES string of the molecule is O=C(/C=C/c1ccccc1)Cc1csc(-c2ccc(Br)cc2)c1C(=O)O. The summed E-state index contributed by atoms with van der Waals surface area (Å²) in [7, 11) is 0. The standard InChI is InChI=1S/C21H15BrO3S/c22-17-9-7-15(8-10-17)20-19(21(24)25)16(13-26-20)12-18(23)11-6-14-4-2-1-3-5-14/h1-11,13H,12H2,(H,24,25)/b11-6+. The topological polar surface area (TPSA) is 54.4 Å². The number of rotatable bonds is 6. The van der Waals surface area contributed by atoms with Crippen LogP contribution in [-0.4, -0.2) is 16.9 Å². The quantitative estimate of drug-likeness (QED) is 0.514. The van der Waals surface area contributed by atoms with E-state index in [4.69, 9.17) is 0 Å². The van der Waals surface area contributed by atoms with E-state index in [2.05, 4.69) is 15.9 Å². The van der Waals surface area contributed by atoms with Gasteiger partial charge in [0.2, 0.25) is 0 Å². The lowest BCUT2D eigenvalue weighted by atomic mass is 10.0. The van der Waals surface area contributed by atoms with Gasteiger partial charge in [0.15, 0.2) is 5.78 Å². The minimum Gasteiger partial charge on any atom is -0.478 e. The molecule has 2 aromatic carbocycles. The van der Waals surface area contributed by atoms with E-state index in [1.807, 2.05) is 54.6 Å². The maximum absolute atomic E-state index is 12.3. The van der Waals surface area contributed by atoms with Crippen molar-refractivity contribution in [2.75, 3.05) is 0 Å². The van der Waals surface area contributed by atoms with Crippen molar-refractivity contribution in [3.05, 3.63) is 87.2 Å². The van der Waals surface area contributed by atoms with Gasteiger partial charge in [-0.2, -0.15) is 0 Å². The number of ketones is 1. The summed E-state index contributed by atoms with van der Waals surface area (Å²) in [4.78, 5) is 24.7. The number of carboxylic acid groups (broad SMARTS) is 1. The van der Waals surface area contributed by atoms with Crippen molar-refractivity contribution < 1.29 is 14.7 Å². The van der Waals surface area contributed by atoms with E-state index < -0.39 is 5.97 Å². The largest absolute Gasteiger partial charge is 0.478 e. The summed E-state index contributed by atoms with van der Waals surface area (Å²) < 4.78 is 0.927. The monoisotopic (exact) mass is 426 g/mol. The van der Waals surface area contributed by atoms with Gasteiger partial charge in [0, 0.05) is 15.8 Å². The second-order valence-electron chi connectivity index (χ2n) is 5.66. The summed E-state index contributed by atoms with van der Waals surface area (Å²) in [6, 6.07) is 17.0. The van der Waals surface area contributed by atoms with Crippen molar-refractivity contribution in [2.45, 2.75) is 6.42 Å². The second kappa shape index (κ2) is 8.25. The zero-order chi connectivity index (χ0) is 18.5. The van der Waals surface area contributed by atoms with E-state index in [0.29, 0.717) is 10.4 Å². The molecule has 0 aliphatic rings. The number of hydrogen-bond donors (Lipinski definition) is 1. The first-order chi connectivity index (χ1) is 12.5. The Morgan fingerprint density at radius 3 is 2.38 bits per heavy atom. The van der Waals surface area contributed by atoms with Gasteiger partial charge in [0.05, 0.1) is 5.56 Å². The maximum atomic E-state index is 12.3. The predicted molar refractivity (Wildman–Crippen MR) is 109 cm³/mol. The fourth-order valence-corrected chi connectivity index (χ4v) is 3.91. The zero-order valence-electron chi connectivity index (χ0n) is 13.7. The third-order valence-electron chi connectivity index (χ3n) is 3.81. The molecule has 0 atom stereocenters. The van der Waals surface area contributed by atoms with Crippen LogP contribution in [0.4, 0.5) is 0 Å². The first-order valence-corrected chi connectivity index (χ1v) is 9.57. The molecule has 1 heterocycles. The van der Waals surface area contributed by atoms with Gasteiger partial charge in [0.1, 0.15) is 0 Å². The Morgan fingerprint density at radius 2 is 1.73 bits per heavy atom. The van der Waals surface area contributed by atoms with Gasteiger partial charge in [-0.25, -0.2) is 4.79 Å². The summed E-state index contributed by atoms with van der Waals surface area (Å²) >= 11 is 4.72. The maximum Gasteiger partial charge on any atom is 0.337 e. The van der Waals surface area contributed by atoms with Crippen LogP contribution in [-0.2, 0) is 11.2 Å². The average molecular weight is 427 g/mol. The molecular formula is C21H15BrO3S. The van der Waals surface area contributed by atoms with E-state index in [1.165, 1.54) is 17.4 Å². The Hall–Kier alpha value is -2.50. The van der Waals surface area contributed by atoms with Crippen molar-refractivity contribution in [1.29, 1.82) is 0 Å². The third kappa shape index (κ3) is 4.36. The Kier molecular flexibility index (Phi) is 5.81. The van der Waals surface area contributed by atoms with Gasteiger partial charge < -0.3 is 5.11 Å². The predicted octanol–water partition coefficient (Wildman–Crippen LogP) is 5.70. The molecule has 0 fully saturated rings. The van der Waals surface area contributed by atoms with Crippen LogP contribution < -0.4 is 0 Å². The molecule has 3 rings (SSSR count). The molecule has 130 valence electrons. The van der Waals surface area contributed by atoms with Gasteiger partial charge in [-0.3, -0.25) is 4.79 Å². The molecule has 26 heavy (non-hydrogen) atoms. The molecule has 0 aliphatic heterocycles. The number of hydrogen-bond acceptors (Lipinski definition) is 3. The molecule has 0 saturated carbocycles. The van der Waals surface area contributed by atoms with Crippen molar-refractivity contribution in [3.8, 4) is 10.4 Å². The average Bonchev–Trinajstić information content (AvgIpc) is 3.05. The molecule has 3 nitrogen and oxygen atoms in total. The number of carbonyl (C=O) groups excluding carboxylic acids is 1. The Labute approximate surface area is 163 Å². The number of carbonyl (C=O) groups is 2. The van der Waals surface area contributed by atoms with Crippen LogP contribution in [0.5, 0.6) is 0 Å². The second-order valence-corrected chi connectivity index (χ2v) is 7.46. The lowest BCUT2D eigenvalue weighted by Crippen LogP contribution is -2.05. The number of halogens is 1. The van der Waals surface area contributed by atoms with Crippen LogP contribution in [0.3, 0.4) is 0 Å². The molecule has 1 aromatic heterocycles. The zero-order valence-corrected chi connectivity index (χ0v) is 16.1. The highest BCUT2D eigenvalue weighted by atomic mass is 79.9. The molecule has 0 radical (unpaired) electrons. The molecule has 3 aromatic rings. The summed E-state index contributed by atoms with van der Waals surface area (Å²) in [5.41, 5.74) is 2.51. The van der Waals surface area contributed by atoms with Crippen LogP contribution in [0.15, 0.2) is 70.5 Å². The fraction of sp³-hybridized carbons (Fsp3) is 0.0476. The first-order valence-electron chi connectivity index (χ1n) is 7.90. The van der Waals surface area contributed by atoms with E-state index in [-0.39, 0.29) is 17.8 Å². The molecule has 0 spiro atoms. The van der Waals surface area contributed by atoms with Crippen LogP contribution in [0.25, 0.3) is 16.5 Å². The third-order valence-corrected chi connectivity index (χ3v) is 5.42. The smallest absolute Gasteiger partial charge is 0.337 e. The molecule has 0 aliphatic carbocycles. The minimum absolute atomic E-state index is 0.0675. The lowest BCUT2D eigenvalue weighted by molar-refractivity contribution is -0.113. The Bertz CT molecular complexity index is 957. The number of aromatic carboxylic acids is 1. The van der Waals surface area contributed by atoms with Gasteiger partial charge >= 0.3 is 5.97 Å². The molecule has 0 saturated heterocycles. The number of thiophene rings is 1. The summed E-state index contributed by atoms with van der Waals surface area (Å²) in [6.45, 7) is 0. The van der Waals surface area contributed by atoms with Gasteiger partial charge in [-0.15, -0.1) is 11.3 Å². The molecule has 5 heteroatoms. The Morgan fingerprint density at radius 1 is 1.04 bits per heavy atom. The number of allylic oxidation sites excluding steroid dienone is 1. The summed E-state index contributed by atoms with van der Waals surface area (Å²) in [5.74, 6) is -1.14. The number of carboxylic acids is 1. The van der Waals surface area contributed by atoms with Crippen LogP contribution in [0.2, 0.25) is 0 Å². The summed E-state index contributed by atoms with van der Waals surface area (Å²) in [5, 5.41) is 11.4. The van der Waals surface area contributed by atoms with Gasteiger partial charge in [0.25, 0.3) is 0 Å². The molecule has 1 N–H and O–H groups in total. The molecule has 0 unspecified atom stereocenters. The normalized spacial score (nSPS) is 11.0. The molecular weight excluding hydrogens is 412 g/mol. The van der Waals surface area contributed by atoms with Crippen LogP contribution in [0, 0.1) is 0 Å². The van der Waals surface area contributed by atoms with E-state index in [0.717, 1.165) is 15.6 Å². The van der Waals surface area contributed by atoms with Crippen molar-refractivity contribution >= 4 is 45.1 Å². The lowest BCUT2D eigenvalue weighted by Gasteiger charge is -2.03. The van der Waals surface area contributed by atoms with Gasteiger partial charge in [-0.1, -0.05) is 64.5 Å². The van der Waals surface area contributed by atoms with E-state index in [9.17, 15) is 14.7 Å². The highest BCUT2D eigenvalue weighted by Crippen LogP contribution is 2.34. The first kappa shape index (κ1) is 18.3. The molecule has 0 amide bonds. The summed E-state index contributed by atoms with van der Waals surface area (Å²) in [6.07, 6.45) is 3.31. The van der Waals surface area contributed by atoms with Crippen molar-refractivity contribution in [1.82, 2.24) is 0 Å². The highest BCUT2D eigenvalue weighted by Gasteiger charge is 2.20. The Balaban J connectivity index is 1.84. The van der Waals surface area contributed by atoms with Crippen molar-refractivity contribution in [3.63, 3.8) is 0 Å². The van der Waals surface area contributed by atoms with Gasteiger partial charge in [-0.05, 0) is 40.3 Å². The van der Waals surface area contributed by atoms with E-state index >= 15 is 0 Å². The minimum atomic E-state index is -1.01. The highest BCUT2D eigenvalue weighted by molar-refractivity contribution is 9.10. The number of benzene rings is 2. The fourth-order valence-electron chi connectivity index (χ4n) is 2.57. The molecule has 0 bridgehead atoms. The van der Waals surface area contributed by atoms with E-state index in [1.54, 1.807) is 11.5 Å².